The average molecular weight is 484 g/mol. The van der Waals surface area contributed by atoms with E-state index >= 15 is 0 Å². The fourth-order valence-corrected chi connectivity index (χ4v) is 5.13. The molecule has 0 spiro atoms. The van der Waals surface area contributed by atoms with E-state index in [0.717, 1.165) is 44.7 Å². The van der Waals surface area contributed by atoms with Crippen LogP contribution in [-0.2, 0) is 4.74 Å². The Balaban J connectivity index is 1.45. The normalized spacial score (nSPS) is 14.6. The molecular weight excluding hydrogens is 457 g/mol. The minimum Gasteiger partial charge on any atom is -0.490 e. The molecule has 0 atom stereocenters. The maximum absolute atomic E-state index is 14.3. The summed E-state index contributed by atoms with van der Waals surface area (Å²) in [4.78, 5) is 22.1. The van der Waals surface area contributed by atoms with Gasteiger partial charge in [-0.1, -0.05) is 29.5 Å². The van der Waals surface area contributed by atoms with Gasteiger partial charge < -0.3 is 13.9 Å². The number of morpholine rings is 1. The summed E-state index contributed by atoms with van der Waals surface area (Å²) in [6, 6.07) is 12.1. The Kier molecular flexibility index (Phi) is 6.75. The quantitative estimate of drug-likeness (QED) is 0.353. The summed E-state index contributed by atoms with van der Waals surface area (Å²) in [6.07, 6.45) is 0.745. The molecule has 1 amide bonds. The van der Waals surface area contributed by atoms with Crippen LogP contribution in [0, 0.1) is 5.82 Å². The van der Waals surface area contributed by atoms with E-state index in [2.05, 4.69) is 9.88 Å². The number of carbonyl (C=O) groups excluding carboxylic acids is 1. The average Bonchev–Trinajstić information content (AvgIpc) is 3.48. The molecule has 7 nitrogen and oxygen atoms in total. The van der Waals surface area contributed by atoms with Crippen molar-refractivity contribution in [1.29, 1.82) is 0 Å². The van der Waals surface area contributed by atoms with Crippen LogP contribution in [0.15, 0.2) is 46.9 Å². The Labute approximate surface area is 200 Å². The highest BCUT2D eigenvalue weighted by molar-refractivity contribution is 7.22. The predicted octanol–water partition coefficient (Wildman–Crippen LogP) is 4.95. The molecule has 4 aromatic rings. The summed E-state index contributed by atoms with van der Waals surface area (Å²) in [5, 5.41) is 1.25. The number of benzene rings is 2. The largest absolute Gasteiger partial charge is 0.490 e. The van der Waals surface area contributed by atoms with Crippen LogP contribution < -0.4 is 9.64 Å². The molecule has 0 bridgehead atoms. The number of furan rings is 1. The molecule has 2 aromatic heterocycles. The molecule has 9 heteroatoms. The van der Waals surface area contributed by atoms with Crippen molar-refractivity contribution >= 4 is 43.6 Å². The Morgan fingerprint density at radius 2 is 2.06 bits per heavy atom. The van der Waals surface area contributed by atoms with Gasteiger partial charge in [-0.15, -0.1) is 0 Å². The van der Waals surface area contributed by atoms with Crippen LogP contribution in [-0.4, -0.2) is 61.8 Å². The van der Waals surface area contributed by atoms with Crippen LogP contribution in [0.25, 0.3) is 21.2 Å². The topological polar surface area (TPSA) is 68.0 Å². The van der Waals surface area contributed by atoms with Crippen molar-refractivity contribution in [3.05, 3.63) is 54.0 Å². The van der Waals surface area contributed by atoms with Crippen molar-refractivity contribution in [3.8, 4) is 5.75 Å². The van der Waals surface area contributed by atoms with Gasteiger partial charge in [-0.2, -0.15) is 0 Å². The van der Waals surface area contributed by atoms with Gasteiger partial charge in [0.25, 0.3) is 5.91 Å². The van der Waals surface area contributed by atoms with Gasteiger partial charge >= 0.3 is 0 Å². The molecule has 0 radical (unpaired) electrons. The van der Waals surface area contributed by atoms with Crippen LogP contribution in [0.4, 0.5) is 9.52 Å². The monoisotopic (exact) mass is 483 g/mol. The molecule has 0 unspecified atom stereocenters. The van der Waals surface area contributed by atoms with Crippen molar-refractivity contribution in [3.63, 3.8) is 0 Å². The number of hydrogen-bond donors (Lipinski definition) is 0. The minimum atomic E-state index is -0.397. The van der Waals surface area contributed by atoms with Gasteiger partial charge in [0.2, 0.25) is 0 Å². The number of thiazole rings is 1. The van der Waals surface area contributed by atoms with E-state index in [1.807, 2.05) is 31.2 Å². The Bertz CT molecular complexity index is 1300. The summed E-state index contributed by atoms with van der Waals surface area (Å²) >= 11 is 1.30. The van der Waals surface area contributed by atoms with Gasteiger partial charge in [0.15, 0.2) is 22.2 Å². The third kappa shape index (κ3) is 4.64. The van der Waals surface area contributed by atoms with Crippen molar-refractivity contribution in [1.82, 2.24) is 9.88 Å². The molecule has 2 aromatic carbocycles. The number of hydrogen-bond acceptors (Lipinski definition) is 7. The molecule has 178 valence electrons. The van der Waals surface area contributed by atoms with Gasteiger partial charge in [-0.05, 0) is 37.6 Å². The van der Waals surface area contributed by atoms with Crippen molar-refractivity contribution in [2.45, 2.75) is 13.3 Å². The third-order valence-corrected chi connectivity index (χ3v) is 6.86. The van der Waals surface area contributed by atoms with Gasteiger partial charge in [-0.25, -0.2) is 9.37 Å². The van der Waals surface area contributed by atoms with Crippen LogP contribution in [0.1, 0.15) is 23.9 Å². The van der Waals surface area contributed by atoms with Gasteiger partial charge in [-0.3, -0.25) is 14.6 Å². The molecule has 5 rings (SSSR count). The summed E-state index contributed by atoms with van der Waals surface area (Å²) in [5.41, 5.74) is 0.813. The van der Waals surface area contributed by atoms with Crippen molar-refractivity contribution in [2.24, 2.45) is 0 Å². The first-order chi connectivity index (χ1) is 16.6. The first kappa shape index (κ1) is 22.8. The molecule has 0 aliphatic carbocycles. The van der Waals surface area contributed by atoms with E-state index in [4.69, 9.17) is 13.9 Å². The van der Waals surface area contributed by atoms with E-state index in [0.29, 0.717) is 34.3 Å². The Morgan fingerprint density at radius 3 is 2.85 bits per heavy atom. The lowest BCUT2D eigenvalue weighted by molar-refractivity contribution is 0.0376. The zero-order chi connectivity index (χ0) is 23.5. The number of anilines is 1. The van der Waals surface area contributed by atoms with Crippen LogP contribution >= 0.6 is 11.3 Å². The molecule has 1 saturated heterocycles. The number of rotatable bonds is 8. The molecule has 3 heterocycles. The number of aromatic nitrogens is 1. The predicted molar refractivity (Wildman–Crippen MR) is 131 cm³/mol. The fourth-order valence-electron chi connectivity index (χ4n) is 4.12. The van der Waals surface area contributed by atoms with Gasteiger partial charge in [0, 0.05) is 31.6 Å². The van der Waals surface area contributed by atoms with Gasteiger partial charge in [0.05, 0.1) is 24.5 Å². The third-order valence-electron chi connectivity index (χ3n) is 5.81. The lowest BCUT2D eigenvalue weighted by atomic mass is 10.2. The highest BCUT2D eigenvalue weighted by Crippen LogP contribution is 2.33. The number of halogens is 1. The molecular formula is C25H26FN3O4S. The van der Waals surface area contributed by atoms with E-state index in [-0.39, 0.29) is 17.2 Å². The van der Waals surface area contributed by atoms with Crippen LogP contribution in [0.3, 0.4) is 0 Å². The minimum absolute atomic E-state index is 0.202. The maximum atomic E-state index is 14.3. The first-order valence-electron chi connectivity index (χ1n) is 11.5. The summed E-state index contributed by atoms with van der Waals surface area (Å²) in [5.74, 6) is 0.0964. The van der Waals surface area contributed by atoms with Crippen LogP contribution in [0.5, 0.6) is 5.75 Å². The lowest BCUT2D eigenvalue weighted by Crippen LogP contribution is -2.39. The molecule has 0 saturated carbocycles. The second kappa shape index (κ2) is 10.1. The molecule has 1 fully saturated rings. The number of nitrogens with zero attached hydrogens (tertiary/aromatic N) is 3. The second-order valence-electron chi connectivity index (χ2n) is 8.07. The highest BCUT2D eigenvalue weighted by atomic mass is 32.1. The first-order valence-corrected chi connectivity index (χ1v) is 12.3. The van der Waals surface area contributed by atoms with E-state index in [9.17, 15) is 9.18 Å². The highest BCUT2D eigenvalue weighted by Gasteiger charge is 2.26. The molecule has 1 aliphatic rings. The SMILES string of the molecule is CCOc1cccc2cc(C(=O)N(CCCN3CCOCC3)c3nc4c(F)cccc4s3)oc12. The number of fused-ring (bicyclic) bond motifs is 2. The molecule has 34 heavy (non-hydrogen) atoms. The second-order valence-corrected chi connectivity index (χ2v) is 9.07. The van der Waals surface area contributed by atoms with Crippen LogP contribution in [0.2, 0.25) is 0 Å². The summed E-state index contributed by atoms with van der Waals surface area (Å²) in [7, 11) is 0. The number of para-hydroxylation sites is 2. The van der Waals surface area contributed by atoms with E-state index in [1.54, 1.807) is 17.0 Å². The Morgan fingerprint density at radius 1 is 1.24 bits per heavy atom. The number of amides is 1. The summed E-state index contributed by atoms with van der Waals surface area (Å²) < 4.78 is 32.1. The van der Waals surface area contributed by atoms with E-state index in [1.165, 1.54) is 17.4 Å². The van der Waals surface area contributed by atoms with Gasteiger partial charge in [0.1, 0.15) is 11.3 Å². The number of ether oxygens (including phenoxy) is 2. The number of carbonyl (C=O) groups is 1. The zero-order valence-corrected chi connectivity index (χ0v) is 19.8. The fraction of sp³-hybridized carbons (Fsp3) is 0.360. The van der Waals surface area contributed by atoms with Crippen molar-refractivity contribution in [2.75, 3.05) is 50.9 Å². The molecule has 1 aliphatic heterocycles. The maximum Gasteiger partial charge on any atom is 0.295 e. The van der Waals surface area contributed by atoms with Crippen molar-refractivity contribution < 1.29 is 23.1 Å². The van der Waals surface area contributed by atoms with E-state index < -0.39 is 5.82 Å². The molecule has 0 N–H and O–H groups in total. The Hall–Kier alpha value is -3.01. The summed E-state index contributed by atoms with van der Waals surface area (Å²) in [6.45, 7) is 6.87. The lowest BCUT2D eigenvalue weighted by Gasteiger charge is -2.27. The zero-order valence-electron chi connectivity index (χ0n) is 19.0. The standard InChI is InChI=1S/C25H26FN3O4S/c1-2-32-19-8-3-6-17-16-20(33-23(17)19)24(30)29(11-5-10-28-12-14-31-15-13-28)25-27-22-18(26)7-4-9-21(22)34-25/h3-4,6-9,16H,2,5,10-15H2,1H3. The smallest absolute Gasteiger partial charge is 0.295 e.